The van der Waals surface area contributed by atoms with E-state index in [1.165, 1.54) is 6.20 Å². The smallest absolute Gasteiger partial charge is 0.410 e. The van der Waals surface area contributed by atoms with E-state index in [0.29, 0.717) is 12.2 Å². The fourth-order valence-corrected chi connectivity index (χ4v) is 4.88. The molecule has 0 saturated carbocycles. The second-order valence-electron chi connectivity index (χ2n) is 10.9. The number of carbonyl (C=O) groups excluding carboxylic acids is 1. The van der Waals surface area contributed by atoms with Gasteiger partial charge in [-0.2, -0.15) is 0 Å². The first-order valence-electron chi connectivity index (χ1n) is 13.4. The van der Waals surface area contributed by atoms with Crippen molar-refractivity contribution in [1.82, 2.24) is 14.9 Å². The summed E-state index contributed by atoms with van der Waals surface area (Å²) in [5.41, 5.74) is 11.5. The van der Waals surface area contributed by atoms with Crippen molar-refractivity contribution in [2.24, 2.45) is 10.7 Å². The molecule has 7 heteroatoms. The maximum absolute atomic E-state index is 12.8. The number of nitrogens with zero attached hydrogens (tertiary/aromatic N) is 3. The summed E-state index contributed by atoms with van der Waals surface area (Å²) in [6.45, 7) is 6.31. The number of amides is 1. The second-order valence-corrected chi connectivity index (χ2v) is 10.9. The number of imidazole rings is 1. The molecule has 1 aliphatic rings. The Morgan fingerprint density at radius 3 is 2.46 bits per heavy atom. The van der Waals surface area contributed by atoms with Gasteiger partial charge in [0.05, 0.1) is 30.0 Å². The molecule has 7 nitrogen and oxygen atoms in total. The topological polar surface area (TPSA) is 96.6 Å². The molecule has 1 saturated heterocycles. The summed E-state index contributed by atoms with van der Waals surface area (Å²) in [4.78, 5) is 26.5. The van der Waals surface area contributed by atoms with Crippen molar-refractivity contribution in [3.8, 4) is 22.4 Å². The fraction of sp³-hybridized carbons (Fsp3) is 0.281. The highest BCUT2D eigenvalue weighted by Crippen LogP contribution is 2.29. The average Bonchev–Trinajstić information content (AvgIpc) is 3.48. The van der Waals surface area contributed by atoms with Crippen LogP contribution in [0.1, 0.15) is 45.6 Å². The maximum atomic E-state index is 12.8. The lowest BCUT2D eigenvalue weighted by Crippen LogP contribution is -2.46. The molecule has 1 aromatic heterocycles. The van der Waals surface area contributed by atoms with E-state index in [9.17, 15) is 4.79 Å². The van der Waals surface area contributed by atoms with Gasteiger partial charge in [-0.05, 0) is 79.6 Å². The highest BCUT2D eigenvalue weighted by atomic mass is 16.6. The van der Waals surface area contributed by atoms with Crippen molar-refractivity contribution in [2.45, 2.75) is 51.7 Å². The van der Waals surface area contributed by atoms with E-state index in [-0.39, 0.29) is 12.1 Å². The molecule has 0 aliphatic carbocycles. The van der Waals surface area contributed by atoms with Crippen molar-refractivity contribution >= 4 is 28.8 Å². The third kappa shape index (κ3) is 6.20. The van der Waals surface area contributed by atoms with E-state index in [2.05, 4.69) is 64.6 Å². The van der Waals surface area contributed by atoms with Crippen LogP contribution in [0.2, 0.25) is 0 Å². The first-order chi connectivity index (χ1) is 18.8. The van der Waals surface area contributed by atoms with Crippen LogP contribution in [-0.2, 0) is 4.74 Å². The van der Waals surface area contributed by atoms with Crippen LogP contribution in [0.3, 0.4) is 0 Å². The molecule has 1 aliphatic heterocycles. The molecule has 200 valence electrons. The molecule has 3 aromatic carbocycles. The highest BCUT2D eigenvalue weighted by Gasteiger charge is 2.29. The Morgan fingerprint density at radius 2 is 1.74 bits per heavy atom. The number of ether oxygens (including phenoxy) is 1. The molecule has 3 N–H and O–H groups in total. The summed E-state index contributed by atoms with van der Waals surface area (Å²) in [7, 11) is 0. The van der Waals surface area contributed by atoms with Gasteiger partial charge in [0.15, 0.2) is 0 Å². The molecule has 39 heavy (non-hydrogen) atoms. The summed E-state index contributed by atoms with van der Waals surface area (Å²) in [6.07, 6.45) is 9.43. The predicted molar refractivity (Wildman–Crippen MR) is 158 cm³/mol. The average molecular weight is 522 g/mol. The largest absolute Gasteiger partial charge is 0.444 e. The Balaban J connectivity index is 1.33. The van der Waals surface area contributed by atoms with Crippen molar-refractivity contribution in [2.75, 3.05) is 6.54 Å². The Morgan fingerprint density at radius 1 is 1.03 bits per heavy atom. The Kier molecular flexibility index (Phi) is 7.50. The van der Waals surface area contributed by atoms with Gasteiger partial charge in [0, 0.05) is 24.5 Å². The van der Waals surface area contributed by atoms with Crippen LogP contribution in [-0.4, -0.2) is 45.4 Å². The zero-order valence-electron chi connectivity index (χ0n) is 22.7. The van der Waals surface area contributed by atoms with Gasteiger partial charge in [-0.1, -0.05) is 48.5 Å². The van der Waals surface area contributed by atoms with Crippen LogP contribution in [0.25, 0.3) is 38.9 Å². The molecule has 0 bridgehead atoms. The van der Waals surface area contributed by atoms with Gasteiger partial charge >= 0.3 is 6.09 Å². The van der Waals surface area contributed by atoms with Crippen LogP contribution in [0.4, 0.5) is 4.79 Å². The van der Waals surface area contributed by atoms with E-state index in [4.69, 9.17) is 15.5 Å². The summed E-state index contributed by atoms with van der Waals surface area (Å²) >= 11 is 0. The van der Waals surface area contributed by atoms with Gasteiger partial charge in [0.25, 0.3) is 0 Å². The summed E-state index contributed by atoms with van der Waals surface area (Å²) in [6, 6.07) is 21.0. The number of rotatable bonds is 5. The van der Waals surface area contributed by atoms with Gasteiger partial charge in [-0.25, -0.2) is 9.78 Å². The molecular weight excluding hydrogens is 486 g/mol. The van der Waals surface area contributed by atoms with E-state index >= 15 is 0 Å². The van der Waals surface area contributed by atoms with Crippen molar-refractivity contribution < 1.29 is 9.53 Å². The molecule has 2 heterocycles. The van der Waals surface area contributed by atoms with E-state index in [1.54, 1.807) is 11.2 Å². The van der Waals surface area contributed by atoms with Crippen molar-refractivity contribution in [3.05, 3.63) is 85.0 Å². The van der Waals surface area contributed by atoms with E-state index in [1.807, 2.05) is 39.2 Å². The number of piperidine rings is 1. The van der Waals surface area contributed by atoms with Crippen LogP contribution in [0.5, 0.6) is 0 Å². The molecule has 5 rings (SSSR count). The summed E-state index contributed by atoms with van der Waals surface area (Å²) in [5, 5.41) is 2.24. The lowest BCUT2D eigenvalue weighted by Gasteiger charge is -2.34. The highest BCUT2D eigenvalue weighted by molar-refractivity contribution is 5.91. The predicted octanol–water partition coefficient (Wildman–Crippen LogP) is 7.01. The first-order valence-corrected chi connectivity index (χ1v) is 13.4. The number of carbonyl (C=O) groups is 1. The summed E-state index contributed by atoms with van der Waals surface area (Å²) in [5.74, 6) is 0. The third-order valence-corrected chi connectivity index (χ3v) is 6.88. The monoisotopic (exact) mass is 521 g/mol. The normalized spacial score (nSPS) is 16.6. The molecule has 0 spiro atoms. The van der Waals surface area contributed by atoms with E-state index in [0.717, 1.165) is 58.0 Å². The first kappa shape index (κ1) is 26.2. The lowest BCUT2D eigenvalue weighted by atomic mass is 9.98. The fourth-order valence-electron chi connectivity index (χ4n) is 4.88. The molecule has 1 atom stereocenters. The minimum absolute atomic E-state index is 0.119. The van der Waals surface area contributed by atoms with Gasteiger partial charge in [0.2, 0.25) is 0 Å². The zero-order chi connectivity index (χ0) is 27.4. The quantitative estimate of drug-likeness (QED) is 0.276. The van der Waals surface area contributed by atoms with E-state index < -0.39 is 5.60 Å². The zero-order valence-corrected chi connectivity index (χ0v) is 22.7. The lowest BCUT2D eigenvalue weighted by molar-refractivity contribution is 0.0171. The standard InChI is InChI=1S/C32H35N5O2/c1-32(2,3)39-31(38)37-15-5-4-6-28(37)19-35-29(18-33)27-14-13-25-16-24(11-12-26(25)17-27)22-7-9-23(10-8-22)30-20-34-21-36-30/h7-14,16-21,28H,4-6,15,33H2,1-3H3,(H,34,36)/b29-18-,35-19+. The molecule has 1 fully saturated rings. The van der Waals surface area contributed by atoms with Gasteiger partial charge < -0.3 is 20.4 Å². The van der Waals surface area contributed by atoms with Gasteiger partial charge in [-0.15, -0.1) is 0 Å². The number of aromatic amines is 1. The Bertz CT molecular complexity index is 1500. The maximum Gasteiger partial charge on any atom is 0.410 e. The number of benzene rings is 3. The van der Waals surface area contributed by atoms with Crippen LogP contribution in [0, 0.1) is 0 Å². The summed E-state index contributed by atoms with van der Waals surface area (Å²) < 4.78 is 5.62. The Labute approximate surface area is 229 Å². The third-order valence-electron chi connectivity index (χ3n) is 6.88. The van der Waals surface area contributed by atoms with Crippen LogP contribution < -0.4 is 5.73 Å². The van der Waals surface area contributed by atoms with Crippen LogP contribution >= 0.6 is 0 Å². The van der Waals surface area contributed by atoms with Crippen molar-refractivity contribution in [3.63, 3.8) is 0 Å². The number of hydrogen-bond donors (Lipinski definition) is 2. The number of hydrogen-bond acceptors (Lipinski definition) is 5. The van der Waals surface area contributed by atoms with Crippen LogP contribution in [0.15, 0.2) is 84.4 Å². The number of fused-ring (bicyclic) bond motifs is 1. The molecule has 1 amide bonds. The van der Waals surface area contributed by atoms with Crippen molar-refractivity contribution in [1.29, 1.82) is 0 Å². The van der Waals surface area contributed by atoms with Gasteiger partial charge in [0.1, 0.15) is 5.60 Å². The SMILES string of the molecule is CC(C)(C)OC(=O)N1CCCCC1/C=N/C(=C\N)c1ccc2cc(-c3ccc(-c4cnc[nH]4)cc3)ccc2c1. The van der Waals surface area contributed by atoms with Gasteiger partial charge in [-0.3, -0.25) is 4.99 Å². The number of aliphatic imine (C=N–C) groups is 1. The number of nitrogens with one attached hydrogen (secondary N) is 1. The number of H-pyrrole nitrogens is 1. The number of nitrogens with two attached hydrogens (primary N) is 1. The number of likely N-dealkylation sites (tertiary alicyclic amines) is 1. The number of aromatic nitrogens is 2. The minimum atomic E-state index is -0.535. The minimum Gasteiger partial charge on any atom is -0.444 e. The molecule has 4 aromatic rings. The molecule has 0 radical (unpaired) electrons. The Hall–Kier alpha value is -4.39. The molecular formula is C32H35N5O2. The second kappa shape index (κ2) is 11.2. The molecule has 1 unspecified atom stereocenters.